The third-order valence-corrected chi connectivity index (χ3v) is 11.5. The molecule has 0 aliphatic heterocycles. The van der Waals surface area contributed by atoms with Crippen molar-refractivity contribution in [1.82, 2.24) is 19.9 Å². The van der Waals surface area contributed by atoms with Crippen LogP contribution in [0, 0.1) is 0 Å². The molecule has 0 fully saturated rings. The summed E-state index contributed by atoms with van der Waals surface area (Å²) in [7, 11) is 0. The molecule has 0 saturated heterocycles. The van der Waals surface area contributed by atoms with E-state index in [9.17, 15) is 0 Å². The average molecular weight is 735 g/mol. The van der Waals surface area contributed by atoms with E-state index in [1.807, 2.05) is 54.6 Å². The van der Waals surface area contributed by atoms with Gasteiger partial charge in [0.2, 0.25) is 0 Å². The lowest BCUT2D eigenvalue weighted by molar-refractivity contribution is 0.669. The van der Waals surface area contributed by atoms with Gasteiger partial charge in [-0.2, -0.15) is 0 Å². The molecule has 262 valence electrons. The Morgan fingerprint density at radius 3 is 1.70 bits per heavy atom. The molecule has 0 radical (unpaired) electrons. The minimum Gasteiger partial charge on any atom is -0.456 e. The molecule has 0 spiro atoms. The molecule has 56 heavy (non-hydrogen) atoms. The highest BCUT2D eigenvalue weighted by molar-refractivity contribution is 7.22. The third-order valence-electron chi connectivity index (χ3n) is 10.3. The molecule has 11 rings (SSSR count). The van der Waals surface area contributed by atoms with Gasteiger partial charge in [0.05, 0.1) is 15.6 Å². The van der Waals surface area contributed by atoms with Crippen LogP contribution >= 0.6 is 11.3 Å². The van der Waals surface area contributed by atoms with Crippen molar-refractivity contribution in [3.63, 3.8) is 0 Å². The van der Waals surface area contributed by atoms with Gasteiger partial charge in [-0.3, -0.25) is 0 Å². The molecule has 0 saturated carbocycles. The molecule has 0 N–H and O–H groups in total. The summed E-state index contributed by atoms with van der Waals surface area (Å²) in [6.07, 6.45) is 0. The largest absolute Gasteiger partial charge is 0.456 e. The van der Waals surface area contributed by atoms with Gasteiger partial charge in [-0.25, -0.2) is 19.9 Å². The molecule has 8 aromatic carbocycles. The fourth-order valence-electron chi connectivity index (χ4n) is 7.57. The van der Waals surface area contributed by atoms with Gasteiger partial charge < -0.3 is 4.42 Å². The van der Waals surface area contributed by atoms with E-state index in [1.165, 1.54) is 11.1 Å². The number of aromatic nitrogens is 4. The Morgan fingerprint density at radius 2 is 0.946 bits per heavy atom. The predicted octanol–water partition coefficient (Wildman–Crippen LogP) is 13.5. The van der Waals surface area contributed by atoms with E-state index in [4.69, 9.17) is 24.4 Å². The van der Waals surface area contributed by atoms with Gasteiger partial charge in [-0.05, 0) is 57.8 Å². The first-order chi connectivity index (χ1) is 27.7. The third kappa shape index (κ3) is 5.63. The quantitative estimate of drug-likeness (QED) is 0.170. The molecule has 0 unspecified atom stereocenters. The summed E-state index contributed by atoms with van der Waals surface area (Å²) in [5.41, 5.74) is 10.9. The number of nitrogens with zero attached hydrogens (tertiary/aromatic N) is 4. The number of thiazole rings is 1. The zero-order chi connectivity index (χ0) is 37.0. The maximum Gasteiger partial charge on any atom is 0.164 e. The zero-order valence-corrected chi connectivity index (χ0v) is 30.7. The highest BCUT2D eigenvalue weighted by Gasteiger charge is 2.21. The Kier molecular flexibility index (Phi) is 7.60. The predicted molar refractivity (Wildman–Crippen MR) is 230 cm³/mol. The van der Waals surface area contributed by atoms with Crippen LogP contribution in [0.2, 0.25) is 0 Å². The average Bonchev–Trinajstić information content (AvgIpc) is 3.89. The Balaban J connectivity index is 1.08. The van der Waals surface area contributed by atoms with Crippen molar-refractivity contribution in [2.24, 2.45) is 0 Å². The molecule has 5 nitrogen and oxygen atoms in total. The van der Waals surface area contributed by atoms with Gasteiger partial charge in [-0.1, -0.05) is 152 Å². The maximum atomic E-state index is 6.48. The van der Waals surface area contributed by atoms with Gasteiger partial charge in [0, 0.05) is 33.2 Å². The van der Waals surface area contributed by atoms with Gasteiger partial charge in [0.25, 0.3) is 0 Å². The van der Waals surface area contributed by atoms with Crippen LogP contribution in [0.1, 0.15) is 0 Å². The van der Waals surface area contributed by atoms with Crippen LogP contribution in [0.15, 0.2) is 186 Å². The number of furan rings is 1. The summed E-state index contributed by atoms with van der Waals surface area (Å²) >= 11 is 1.71. The van der Waals surface area contributed by atoms with Crippen molar-refractivity contribution in [3.8, 4) is 67.0 Å². The molecule has 0 bridgehead atoms. The second-order valence-electron chi connectivity index (χ2n) is 13.9. The summed E-state index contributed by atoms with van der Waals surface area (Å²) in [6.45, 7) is 0. The van der Waals surface area contributed by atoms with Crippen LogP contribution in [0.5, 0.6) is 0 Å². The van der Waals surface area contributed by atoms with Gasteiger partial charge in [0.15, 0.2) is 17.5 Å². The van der Waals surface area contributed by atoms with Crippen LogP contribution in [0.4, 0.5) is 0 Å². The molecule has 0 aliphatic carbocycles. The van der Waals surface area contributed by atoms with Crippen LogP contribution in [0.3, 0.4) is 0 Å². The maximum absolute atomic E-state index is 6.48. The van der Waals surface area contributed by atoms with E-state index in [-0.39, 0.29) is 0 Å². The normalized spacial score (nSPS) is 11.6. The lowest BCUT2D eigenvalue weighted by atomic mass is 9.99. The van der Waals surface area contributed by atoms with Gasteiger partial charge in [-0.15, -0.1) is 11.3 Å². The molecular formula is C50H30N4OS. The Hall–Kier alpha value is -7.28. The fraction of sp³-hybridized carbons (Fsp3) is 0. The second-order valence-corrected chi connectivity index (χ2v) is 14.9. The first-order valence-electron chi connectivity index (χ1n) is 18.5. The highest BCUT2D eigenvalue weighted by Crippen LogP contribution is 2.44. The molecule has 11 aromatic rings. The molecule has 3 aromatic heterocycles. The number of hydrogen-bond acceptors (Lipinski definition) is 6. The second kappa shape index (κ2) is 13.2. The highest BCUT2D eigenvalue weighted by atomic mass is 32.1. The van der Waals surface area contributed by atoms with Gasteiger partial charge in [0.1, 0.15) is 16.2 Å². The fourth-order valence-corrected chi connectivity index (χ4v) is 8.69. The SMILES string of the molecule is c1ccc(-c2ccc3ccc(-c4nc(-c5ccccc5)nc(-c5cccc(-c6cc7oc8ccccc8c7c7nc(-c8ccccc8)sc67)c5)n4)cc3c2)cc1. The summed E-state index contributed by atoms with van der Waals surface area (Å²) < 4.78 is 7.58. The molecule has 3 heterocycles. The van der Waals surface area contributed by atoms with Crippen molar-refractivity contribution < 1.29 is 4.42 Å². The first kappa shape index (κ1) is 32.2. The Bertz CT molecular complexity index is 3250. The minimum absolute atomic E-state index is 0.601. The van der Waals surface area contributed by atoms with Crippen LogP contribution < -0.4 is 0 Å². The molecule has 6 heteroatoms. The van der Waals surface area contributed by atoms with E-state index in [1.54, 1.807) is 11.3 Å². The number of hydrogen-bond donors (Lipinski definition) is 0. The van der Waals surface area contributed by atoms with Crippen LogP contribution in [0.25, 0.3) is 110 Å². The first-order valence-corrected chi connectivity index (χ1v) is 19.4. The summed E-state index contributed by atoms with van der Waals surface area (Å²) in [5, 5.41) is 5.35. The van der Waals surface area contributed by atoms with Crippen molar-refractivity contribution in [2.75, 3.05) is 0 Å². The number of para-hydroxylation sites is 1. The zero-order valence-electron chi connectivity index (χ0n) is 29.9. The standard InChI is InChI=1S/C50H30N4OS/c1-4-13-31(14-5-1)35-25-23-32-24-26-38(29-39(32)27-35)49-53-47(33-15-6-2-7-16-33)52-48(54-49)37-20-12-19-36(28-37)41-30-43-44(40-21-10-11-22-42(40)55-43)45-46(41)56-50(51-45)34-17-8-3-9-18-34/h1-30H. The van der Waals surface area contributed by atoms with Gasteiger partial charge >= 0.3 is 0 Å². The molecule has 0 amide bonds. The van der Waals surface area contributed by atoms with E-state index < -0.39 is 0 Å². The molecular weight excluding hydrogens is 705 g/mol. The van der Waals surface area contributed by atoms with Crippen molar-refractivity contribution in [1.29, 1.82) is 0 Å². The van der Waals surface area contributed by atoms with Crippen LogP contribution in [-0.2, 0) is 0 Å². The van der Waals surface area contributed by atoms with Crippen molar-refractivity contribution in [3.05, 3.63) is 182 Å². The summed E-state index contributed by atoms with van der Waals surface area (Å²) in [4.78, 5) is 20.6. The lowest BCUT2D eigenvalue weighted by Gasteiger charge is -2.11. The van der Waals surface area contributed by atoms with Crippen molar-refractivity contribution >= 4 is 54.3 Å². The lowest BCUT2D eigenvalue weighted by Crippen LogP contribution is -2.00. The Labute approximate surface area is 326 Å². The summed E-state index contributed by atoms with van der Waals surface area (Å²) in [6, 6.07) is 62.8. The monoisotopic (exact) mass is 734 g/mol. The van der Waals surface area contributed by atoms with E-state index in [0.29, 0.717) is 17.5 Å². The Morgan fingerprint density at radius 1 is 0.375 bits per heavy atom. The number of benzene rings is 8. The van der Waals surface area contributed by atoms with E-state index in [2.05, 4.69) is 127 Å². The van der Waals surface area contributed by atoms with E-state index >= 15 is 0 Å². The minimum atomic E-state index is 0.601. The van der Waals surface area contributed by atoms with Crippen molar-refractivity contribution in [2.45, 2.75) is 0 Å². The smallest absolute Gasteiger partial charge is 0.164 e. The molecule has 0 aliphatic rings. The van der Waals surface area contributed by atoms with E-state index in [0.717, 1.165) is 81.3 Å². The molecule has 0 atom stereocenters. The summed E-state index contributed by atoms with van der Waals surface area (Å²) in [5.74, 6) is 1.84. The number of fused-ring (bicyclic) bond motifs is 6. The topological polar surface area (TPSA) is 64.7 Å². The number of rotatable bonds is 6. The van der Waals surface area contributed by atoms with Crippen LogP contribution in [-0.4, -0.2) is 19.9 Å².